The highest BCUT2D eigenvalue weighted by Crippen LogP contribution is 2.32. The lowest BCUT2D eigenvalue weighted by Crippen LogP contribution is -2.35. The van der Waals surface area contributed by atoms with Gasteiger partial charge in [0.25, 0.3) is 0 Å². The van der Waals surface area contributed by atoms with Crippen LogP contribution in [0.25, 0.3) is 10.8 Å². The minimum Gasteiger partial charge on any atom is -0.507 e. The maximum atomic E-state index is 12.4. The van der Waals surface area contributed by atoms with Crippen LogP contribution in [0, 0.1) is 5.41 Å². The number of benzene rings is 2. The second-order valence-electron chi connectivity index (χ2n) is 5.65. The first-order valence-electron chi connectivity index (χ1n) is 6.78. The predicted octanol–water partition coefficient (Wildman–Crippen LogP) is 2.01. The molecule has 5 heteroatoms. The van der Waals surface area contributed by atoms with E-state index in [-0.39, 0.29) is 24.0 Å². The summed E-state index contributed by atoms with van der Waals surface area (Å²) in [5.74, 6) is -0.132. The molecule has 5 nitrogen and oxygen atoms in total. The Morgan fingerprint density at radius 3 is 2.67 bits per heavy atom. The Balaban J connectivity index is 1.94. The van der Waals surface area contributed by atoms with Crippen LogP contribution in [0.2, 0.25) is 0 Å². The van der Waals surface area contributed by atoms with Crippen LogP contribution in [0.1, 0.15) is 13.3 Å². The number of anilines is 1. The number of fused-ring (bicyclic) bond motifs is 1. The van der Waals surface area contributed by atoms with Crippen molar-refractivity contribution in [2.24, 2.45) is 5.41 Å². The van der Waals surface area contributed by atoms with E-state index >= 15 is 0 Å². The molecule has 1 atom stereocenters. The predicted molar refractivity (Wildman–Crippen MR) is 80.0 cm³/mol. The molecule has 0 radical (unpaired) electrons. The van der Waals surface area contributed by atoms with Gasteiger partial charge < -0.3 is 15.7 Å². The Morgan fingerprint density at radius 1 is 1.24 bits per heavy atom. The summed E-state index contributed by atoms with van der Waals surface area (Å²) in [5, 5.41) is 16.9. The molecule has 0 aliphatic carbocycles. The largest absolute Gasteiger partial charge is 0.507 e. The lowest BCUT2D eigenvalue weighted by Gasteiger charge is -2.21. The third-order valence-electron chi connectivity index (χ3n) is 3.92. The summed E-state index contributed by atoms with van der Waals surface area (Å²) in [6.07, 6.45) is 0.189. The molecule has 0 aromatic heterocycles. The molecule has 1 unspecified atom stereocenters. The molecule has 0 saturated carbocycles. The smallest absolute Gasteiger partial charge is 0.232 e. The lowest BCUT2D eigenvalue weighted by molar-refractivity contribution is -0.126. The fourth-order valence-electron chi connectivity index (χ4n) is 2.61. The molecule has 1 fully saturated rings. The van der Waals surface area contributed by atoms with E-state index in [1.165, 1.54) is 0 Å². The number of hydrogen-bond donors (Lipinski definition) is 3. The van der Waals surface area contributed by atoms with Gasteiger partial charge in [-0.25, -0.2) is 0 Å². The average Bonchev–Trinajstić information content (AvgIpc) is 2.81. The molecule has 2 aromatic carbocycles. The zero-order chi connectivity index (χ0) is 15.0. The molecule has 1 aliphatic heterocycles. The van der Waals surface area contributed by atoms with E-state index < -0.39 is 5.41 Å². The number of carbonyl (C=O) groups is 2. The molecule has 3 N–H and O–H groups in total. The topological polar surface area (TPSA) is 78.4 Å². The molecule has 21 heavy (non-hydrogen) atoms. The molecular weight excluding hydrogens is 268 g/mol. The minimum absolute atomic E-state index is 0.108. The second kappa shape index (κ2) is 4.77. The molecule has 2 amide bonds. The average molecular weight is 284 g/mol. The zero-order valence-corrected chi connectivity index (χ0v) is 11.6. The summed E-state index contributed by atoms with van der Waals surface area (Å²) in [5.41, 5.74) is -0.107. The van der Waals surface area contributed by atoms with Gasteiger partial charge >= 0.3 is 0 Å². The fourth-order valence-corrected chi connectivity index (χ4v) is 2.61. The van der Waals surface area contributed by atoms with Gasteiger partial charge in [-0.3, -0.25) is 9.59 Å². The minimum atomic E-state index is -0.740. The molecule has 2 aromatic rings. The van der Waals surface area contributed by atoms with Crippen LogP contribution < -0.4 is 10.6 Å². The normalized spacial score (nSPS) is 21.3. The number of amides is 2. The zero-order valence-electron chi connectivity index (χ0n) is 11.6. The third kappa shape index (κ3) is 2.31. The summed E-state index contributed by atoms with van der Waals surface area (Å²) >= 11 is 0. The van der Waals surface area contributed by atoms with Crippen molar-refractivity contribution in [2.75, 3.05) is 11.9 Å². The molecule has 3 rings (SSSR count). The molecule has 108 valence electrons. The number of rotatable bonds is 2. The van der Waals surface area contributed by atoms with Crippen molar-refractivity contribution in [3.63, 3.8) is 0 Å². The van der Waals surface area contributed by atoms with Crippen molar-refractivity contribution in [3.05, 3.63) is 36.4 Å². The summed E-state index contributed by atoms with van der Waals surface area (Å²) < 4.78 is 0. The fraction of sp³-hybridized carbons (Fsp3) is 0.250. The number of phenolic OH excluding ortho intramolecular Hbond substituents is 1. The molecule has 1 saturated heterocycles. The van der Waals surface area contributed by atoms with Gasteiger partial charge in [-0.05, 0) is 19.1 Å². The van der Waals surface area contributed by atoms with Crippen molar-refractivity contribution in [2.45, 2.75) is 13.3 Å². The Labute approximate surface area is 122 Å². The first-order chi connectivity index (χ1) is 9.99. The number of aromatic hydroxyl groups is 1. The van der Waals surface area contributed by atoms with Gasteiger partial charge in [0.15, 0.2) is 0 Å². The molecule has 0 bridgehead atoms. The van der Waals surface area contributed by atoms with Gasteiger partial charge in [0.05, 0.1) is 5.41 Å². The standard InChI is InChI=1S/C16H16N2O3/c1-16(8-14(20)17-9-16)15(21)18-12-6-2-5-11-10(12)4-3-7-13(11)19/h2-7,19H,8-9H2,1H3,(H,17,20)(H,18,21). The van der Waals surface area contributed by atoms with Crippen LogP contribution in [0.15, 0.2) is 36.4 Å². The van der Waals surface area contributed by atoms with Crippen molar-refractivity contribution < 1.29 is 14.7 Å². The highest BCUT2D eigenvalue weighted by Gasteiger charge is 2.40. The van der Waals surface area contributed by atoms with Gasteiger partial charge in [0.1, 0.15) is 5.75 Å². The summed E-state index contributed by atoms with van der Waals surface area (Å²) in [4.78, 5) is 23.8. The van der Waals surface area contributed by atoms with Crippen molar-refractivity contribution >= 4 is 28.3 Å². The highest BCUT2D eigenvalue weighted by molar-refractivity contribution is 6.06. The third-order valence-corrected chi connectivity index (χ3v) is 3.92. The molecule has 0 spiro atoms. The van der Waals surface area contributed by atoms with Crippen LogP contribution in [0.4, 0.5) is 5.69 Å². The van der Waals surface area contributed by atoms with E-state index in [0.29, 0.717) is 17.6 Å². The number of nitrogens with one attached hydrogen (secondary N) is 2. The maximum absolute atomic E-state index is 12.4. The van der Waals surface area contributed by atoms with Crippen molar-refractivity contribution in [3.8, 4) is 5.75 Å². The van der Waals surface area contributed by atoms with Gasteiger partial charge in [-0.15, -0.1) is 0 Å². The van der Waals surface area contributed by atoms with Crippen LogP contribution in [0.3, 0.4) is 0 Å². The summed E-state index contributed by atoms with van der Waals surface area (Å²) in [7, 11) is 0. The Kier molecular flexibility index (Phi) is 3.05. The van der Waals surface area contributed by atoms with Crippen LogP contribution in [0.5, 0.6) is 5.75 Å². The van der Waals surface area contributed by atoms with E-state index in [9.17, 15) is 14.7 Å². The summed E-state index contributed by atoms with van der Waals surface area (Å²) in [6, 6.07) is 10.5. The first kappa shape index (κ1) is 13.4. The lowest BCUT2D eigenvalue weighted by atomic mass is 9.88. The van der Waals surface area contributed by atoms with E-state index in [4.69, 9.17) is 0 Å². The molecule has 1 aliphatic rings. The summed E-state index contributed by atoms with van der Waals surface area (Å²) in [6.45, 7) is 2.11. The molecular formula is C16H16N2O3. The number of carbonyl (C=O) groups excluding carboxylic acids is 2. The Bertz CT molecular complexity index is 741. The van der Waals surface area contributed by atoms with Gasteiger partial charge in [0.2, 0.25) is 11.8 Å². The highest BCUT2D eigenvalue weighted by atomic mass is 16.3. The first-order valence-corrected chi connectivity index (χ1v) is 6.78. The van der Waals surface area contributed by atoms with Gasteiger partial charge in [-0.2, -0.15) is 0 Å². The van der Waals surface area contributed by atoms with E-state index in [1.54, 1.807) is 37.3 Å². The monoisotopic (exact) mass is 284 g/mol. The van der Waals surface area contributed by atoms with Crippen LogP contribution in [-0.2, 0) is 9.59 Å². The van der Waals surface area contributed by atoms with E-state index in [2.05, 4.69) is 10.6 Å². The van der Waals surface area contributed by atoms with Gasteiger partial charge in [-0.1, -0.05) is 24.3 Å². The Hall–Kier alpha value is -2.56. The SMILES string of the molecule is CC1(C(=O)Nc2cccc3c(O)cccc23)CNC(=O)C1. The van der Waals surface area contributed by atoms with E-state index in [0.717, 1.165) is 5.39 Å². The number of phenols is 1. The molecule has 1 heterocycles. The van der Waals surface area contributed by atoms with Crippen LogP contribution >= 0.6 is 0 Å². The quantitative estimate of drug-likeness (QED) is 0.789. The van der Waals surface area contributed by atoms with Crippen molar-refractivity contribution in [1.29, 1.82) is 0 Å². The second-order valence-corrected chi connectivity index (χ2v) is 5.65. The van der Waals surface area contributed by atoms with Gasteiger partial charge in [0, 0.05) is 29.4 Å². The maximum Gasteiger partial charge on any atom is 0.232 e. The number of hydrogen-bond acceptors (Lipinski definition) is 3. The van der Waals surface area contributed by atoms with Crippen LogP contribution in [-0.4, -0.2) is 23.5 Å². The van der Waals surface area contributed by atoms with Crippen molar-refractivity contribution in [1.82, 2.24) is 5.32 Å². The Morgan fingerprint density at radius 2 is 1.95 bits per heavy atom. The van der Waals surface area contributed by atoms with E-state index in [1.807, 2.05) is 6.07 Å².